The number of benzene rings is 1. The van der Waals surface area contributed by atoms with Gasteiger partial charge in [-0.05, 0) is 42.8 Å². The van der Waals surface area contributed by atoms with Crippen LogP contribution in [-0.4, -0.2) is 25.9 Å². The fourth-order valence-corrected chi connectivity index (χ4v) is 4.15. The number of fused-ring (bicyclic) bond motifs is 1. The predicted octanol–water partition coefficient (Wildman–Crippen LogP) is 5.31. The zero-order valence-corrected chi connectivity index (χ0v) is 17.2. The molecular formula is C18H27NO3SSi. The van der Waals surface area contributed by atoms with E-state index in [0.717, 1.165) is 15.8 Å². The van der Waals surface area contributed by atoms with Gasteiger partial charge in [0.1, 0.15) is 0 Å². The van der Waals surface area contributed by atoms with Crippen LogP contribution in [0.2, 0.25) is 18.1 Å². The number of carbonyl (C=O) groups is 1. The van der Waals surface area contributed by atoms with Crippen molar-refractivity contribution in [2.24, 2.45) is 0 Å². The van der Waals surface area contributed by atoms with Crippen LogP contribution >= 0.6 is 11.3 Å². The molecule has 0 saturated carbocycles. The van der Waals surface area contributed by atoms with Gasteiger partial charge in [-0.3, -0.25) is 4.79 Å². The summed E-state index contributed by atoms with van der Waals surface area (Å²) in [6.07, 6.45) is -0.0632. The average molecular weight is 366 g/mol. The number of thiazole rings is 1. The number of aromatic nitrogens is 1. The molecule has 6 heteroatoms. The van der Waals surface area contributed by atoms with Gasteiger partial charge in [-0.25, -0.2) is 4.98 Å². The van der Waals surface area contributed by atoms with Crippen molar-refractivity contribution in [1.29, 1.82) is 0 Å². The molecule has 132 valence electrons. The third kappa shape index (κ3) is 4.43. The Morgan fingerprint density at radius 2 is 2.04 bits per heavy atom. The summed E-state index contributed by atoms with van der Waals surface area (Å²) in [5, 5.41) is 0.0741. The van der Waals surface area contributed by atoms with E-state index in [1.165, 1.54) is 0 Å². The van der Waals surface area contributed by atoms with Crippen LogP contribution in [0.15, 0.2) is 23.7 Å². The van der Waals surface area contributed by atoms with E-state index < -0.39 is 8.32 Å². The summed E-state index contributed by atoms with van der Waals surface area (Å²) in [6, 6.07) is 6.12. The molecular weight excluding hydrogens is 338 g/mol. The van der Waals surface area contributed by atoms with Gasteiger partial charge in [-0.1, -0.05) is 26.8 Å². The molecule has 0 unspecified atom stereocenters. The van der Waals surface area contributed by atoms with Crippen LogP contribution in [0.1, 0.15) is 45.8 Å². The van der Waals surface area contributed by atoms with Crippen molar-refractivity contribution in [2.45, 2.75) is 58.4 Å². The molecule has 2 rings (SSSR count). The van der Waals surface area contributed by atoms with E-state index >= 15 is 0 Å². The maximum absolute atomic E-state index is 12.1. The van der Waals surface area contributed by atoms with Gasteiger partial charge in [-0.2, -0.15) is 0 Å². The van der Waals surface area contributed by atoms with Crippen LogP contribution in [0.5, 0.6) is 0 Å². The highest BCUT2D eigenvalue weighted by Gasteiger charge is 2.40. The highest BCUT2D eigenvalue weighted by atomic mass is 32.1. The summed E-state index contributed by atoms with van der Waals surface area (Å²) >= 11 is 1.61. The van der Waals surface area contributed by atoms with E-state index in [1.54, 1.807) is 11.3 Å². The van der Waals surface area contributed by atoms with Crippen LogP contribution in [0.4, 0.5) is 0 Å². The average Bonchev–Trinajstić information content (AvgIpc) is 2.92. The third-order valence-corrected chi connectivity index (χ3v) is 9.92. The molecule has 1 aromatic heterocycles. The van der Waals surface area contributed by atoms with Crippen LogP contribution < -0.4 is 0 Å². The van der Waals surface area contributed by atoms with Crippen molar-refractivity contribution >= 4 is 35.8 Å². The lowest BCUT2D eigenvalue weighted by atomic mass is 10.1. The van der Waals surface area contributed by atoms with E-state index in [1.807, 2.05) is 24.6 Å². The Morgan fingerprint density at radius 3 is 2.67 bits per heavy atom. The van der Waals surface area contributed by atoms with Gasteiger partial charge in [-0.15, -0.1) is 11.3 Å². The SMILES string of the molecule is CCOC(=O)C[C@H](O[Si](C)(C)C(C)(C)C)c1ccc2scnc2c1. The number of esters is 1. The topological polar surface area (TPSA) is 48.4 Å². The van der Waals surface area contributed by atoms with Gasteiger partial charge in [0.15, 0.2) is 8.32 Å². The number of carbonyl (C=O) groups excluding carboxylic acids is 1. The van der Waals surface area contributed by atoms with E-state index in [-0.39, 0.29) is 23.5 Å². The van der Waals surface area contributed by atoms with E-state index in [9.17, 15) is 4.79 Å². The van der Waals surface area contributed by atoms with Crippen molar-refractivity contribution < 1.29 is 14.0 Å². The number of hydrogen-bond donors (Lipinski definition) is 0. The van der Waals surface area contributed by atoms with E-state index in [0.29, 0.717) is 6.61 Å². The highest BCUT2D eigenvalue weighted by Crippen LogP contribution is 2.41. The molecule has 1 heterocycles. The molecule has 0 N–H and O–H groups in total. The summed E-state index contributed by atoms with van der Waals surface area (Å²) in [6.45, 7) is 13.2. The van der Waals surface area contributed by atoms with Crippen LogP contribution in [0.3, 0.4) is 0 Å². The second-order valence-electron chi connectivity index (χ2n) is 7.46. The molecule has 0 spiro atoms. The lowest BCUT2D eigenvalue weighted by Gasteiger charge is -2.39. The number of rotatable bonds is 6. The Balaban J connectivity index is 2.32. The molecule has 0 amide bonds. The predicted molar refractivity (Wildman–Crippen MR) is 102 cm³/mol. The second-order valence-corrected chi connectivity index (χ2v) is 13.1. The minimum atomic E-state index is -2.02. The Morgan fingerprint density at radius 1 is 1.33 bits per heavy atom. The molecule has 0 aliphatic rings. The molecule has 0 bridgehead atoms. The van der Waals surface area contributed by atoms with Gasteiger partial charge in [0.25, 0.3) is 0 Å². The van der Waals surface area contributed by atoms with Gasteiger partial charge in [0.05, 0.1) is 34.9 Å². The first-order valence-electron chi connectivity index (χ1n) is 8.30. The fourth-order valence-electron chi connectivity index (χ4n) is 2.21. The molecule has 0 radical (unpaired) electrons. The minimum absolute atomic E-state index is 0.0741. The Kier molecular flexibility index (Phi) is 5.83. The summed E-state index contributed by atoms with van der Waals surface area (Å²) in [5.41, 5.74) is 3.78. The van der Waals surface area contributed by atoms with Crippen LogP contribution in [0.25, 0.3) is 10.2 Å². The van der Waals surface area contributed by atoms with Gasteiger partial charge < -0.3 is 9.16 Å². The fraction of sp³-hybridized carbons (Fsp3) is 0.556. The zero-order chi connectivity index (χ0) is 18.0. The normalized spacial score (nSPS) is 13.9. The molecule has 4 nitrogen and oxygen atoms in total. The molecule has 24 heavy (non-hydrogen) atoms. The Bertz CT molecular complexity index is 706. The molecule has 1 atom stereocenters. The number of ether oxygens (including phenoxy) is 1. The number of hydrogen-bond acceptors (Lipinski definition) is 5. The molecule has 0 aliphatic carbocycles. The van der Waals surface area contributed by atoms with Crippen molar-refractivity contribution in [3.63, 3.8) is 0 Å². The lowest BCUT2D eigenvalue weighted by molar-refractivity contribution is -0.145. The maximum atomic E-state index is 12.1. The maximum Gasteiger partial charge on any atom is 0.308 e. The summed E-state index contributed by atoms with van der Waals surface area (Å²) < 4.78 is 12.8. The van der Waals surface area contributed by atoms with Gasteiger partial charge in [0, 0.05) is 0 Å². The smallest absolute Gasteiger partial charge is 0.308 e. The summed E-state index contributed by atoms with van der Waals surface area (Å²) in [4.78, 5) is 16.5. The molecule has 0 fully saturated rings. The largest absolute Gasteiger partial charge is 0.466 e. The van der Waals surface area contributed by atoms with Gasteiger partial charge >= 0.3 is 5.97 Å². The van der Waals surface area contributed by atoms with E-state index in [4.69, 9.17) is 9.16 Å². The third-order valence-electron chi connectivity index (χ3n) is 4.63. The highest BCUT2D eigenvalue weighted by molar-refractivity contribution is 7.16. The second kappa shape index (κ2) is 7.33. The molecule has 0 aliphatic heterocycles. The molecule has 2 aromatic rings. The number of nitrogens with zero attached hydrogens (tertiary/aromatic N) is 1. The van der Waals surface area contributed by atoms with Crippen molar-refractivity contribution in [3.05, 3.63) is 29.3 Å². The van der Waals surface area contributed by atoms with E-state index in [2.05, 4.69) is 44.9 Å². The molecule has 1 aromatic carbocycles. The van der Waals surface area contributed by atoms with Crippen molar-refractivity contribution in [3.8, 4) is 0 Å². The first-order chi connectivity index (χ1) is 11.1. The van der Waals surface area contributed by atoms with Crippen LogP contribution in [0, 0.1) is 0 Å². The van der Waals surface area contributed by atoms with Crippen molar-refractivity contribution in [2.75, 3.05) is 6.61 Å². The first-order valence-corrected chi connectivity index (χ1v) is 12.1. The minimum Gasteiger partial charge on any atom is -0.466 e. The zero-order valence-electron chi connectivity index (χ0n) is 15.4. The first kappa shape index (κ1) is 19.1. The quantitative estimate of drug-likeness (QED) is 0.514. The van der Waals surface area contributed by atoms with Gasteiger partial charge in [0.2, 0.25) is 0 Å². The van der Waals surface area contributed by atoms with Crippen LogP contribution in [-0.2, 0) is 14.0 Å². The lowest BCUT2D eigenvalue weighted by Crippen LogP contribution is -2.42. The summed E-state index contributed by atoms with van der Waals surface area (Å²) in [5.74, 6) is -0.223. The standard InChI is InChI=1S/C18H27NO3SSi/c1-7-21-17(20)11-15(22-24(5,6)18(2,3)4)13-8-9-16-14(10-13)19-12-23-16/h8-10,12,15H,7,11H2,1-6H3/t15-/m0/s1. The summed E-state index contributed by atoms with van der Waals surface area (Å²) in [7, 11) is -2.02. The monoisotopic (exact) mass is 365 g/mol. The molecule has 0 saturated heterocycles. The Hall–Kier alpha value is -1.24. The Labute approximate surface area is 149 Å². The van der Waals surface area contributed by atoms with Crippen molar-refractivity contribution in [1.82, 2.24) is 4.98 Å².